The standard InChI is InChI=1S/C30H32N2O3/c33-27(19-31-26-13-7-12-23(26)18-21-8-3-1-4-9-21)24-14-16-28(30-25(24)15-17-29(34)32-30)35-20-22-10-5-2-6-11-22/h1-6,8-11,14-17,23,26-27,31,33H,7,12-13,18-20H2,(H,32,34)/t23?,26?,27-/m0/s1. The summed E-state index contributed by atoms with van der Waals surface area (Å²) in [4.78, 5) is 15.0. The number of aromatic nitrogens is 1. The SMILES string of the molecule is O=c1ccc2c([C@@H](O)CNC3CCCC3Cc3ccccc3)ccc(OCc3ccccc3)c2[nH]1. The topological polar surface area (TPSA) is 74.3 Å². The second-order valence-electron chi connectivity index (χ2n) is 9.45. The molecule has 5 nitrogen and oxygen atoms in total. The number of hydrogen-bond donors (Lipinski definition) is 3. The Labute approximate surface area is 205 Å². The first kappa shape index (κ1) is 23.3. The molecule has 1 aliphatic carbocycles. The summed E-state index contributed by atoms with van der Waals surface area (Å²) in [5.41, 5.74) is 3.63. The van der Waals surface area contributed by atoms with Crippen molar-refractivity contribution in [3.05, 3.63) is 112 Å². The summed E-state index contributed by atoms with van der Waals surface area (Å²) in [6.07, 6.45) is 3.92. The van der Waals surface area contributed by atoms with Crippen molar-refractivity contribution >= 4 is 10.9 Å². The molecular weight excluding hydrogens is 436 g/mol. The maximum absolute atomic E-state index is 12.1. The second-order valence-corrected chi connectivity index (χ2v) is 9.45. The zero-order chi connectivity index (χ0) is 24.0. The third-order valence-corrected chi connectivity index (χ3v) is 7.06. The number of aromatic amines is 1. The van der Waals surface area contributed by atoms with Gasteiger partial charge in [0.15, 0.2) is 0 Å². The van der Waals surface area contributed by atoms with Crippen molar-refractivity contribution in [2.24, 2.45) is 5.92 Å². The van der Waals surface area contributed by atoms with Gasteiger partial charge in [0.05, 0.1) is 11.6 Å². The highest BCUT2D eigenvalue weighted by Gasteiger charge is 2.28. The van der Waals surface area contributed by atoms with Crippen molar-refractivity contribution in [1.82, 2.24) is 10.3 Å². The van der Waals surface area contributed by atoms with Crippen LogP contribution in [0.4, 0.5) is 0 Å². The van der Waals surface area contributed by atoms with E-state index < -0.39 is 6.10 Å². The van der Waals surface area contributed by atoms with Gasteiger partial charge in [0.2, 0.25) is 5.56 Å². The number of fused-ring (bicyclic) bond motifs is 1. The molecule has 4 aromatic rings. The molecule has 180 valence electrons. The van der Waals surface area contributed by atoms with Gasteiger partial charge in [-0.15, -0.1) is 0 Å². The van der Waals surface area contributed by atoms with E-state index in [1.807, 2.05) is 42.5 Å². The molecule has 0 aliphatic heterocycles. The van der Waals surface area contributed by atoms with Gasteiger partial charge >= 0.3 is 0 Å². The van der Waals surface area contributed by atoms with Gasteiger partial charge in [-0.25, -0.2) is 0 Å². The van der Waals surface area contributed by atoms with Crippen molar-refractivity contribution in [2.75, 3.05) is 6.54 Å². The van der Waals surface area contributed by atoms with Crippen molar-refractivity contribution in [3.63, 3.8) is 0 Å². The average Bonchev–Trinajstić information content (AvgIpc) is 3.33. The Balaban J connectivity index is 1.29. The molecule has 1 aromatic heterocycles. The number of aliphatic hydroxyl groups excluding tert-OH is 1. The van der Waals surface area contributed by atoms with Crippen LogP contribution in [0.1, 0.15) is 42.1 Å². The van der Waals surface area contributed by atoms with Gasteiger partial charge in [0, 0.05) is 24.0 Å². The van der Waals surface area contributed by atoms with Gasteiger partial charge in [-0.3, -0.25) is 4.79 Å². The van der Waals surface area contributed by atoms with Crippen LogP contribution in [-0.4, -0.2) is 22.7 Å². The van der Waals surface area contributed by atoms with E-state index in [-0.39, 0.29) is 5.56 Å². The van der Waals surface area contributed by atoms with Crippen molar-refractivity contribution in [1.29, 1.82) is 0 Å². The smallest absolute Gasteiger partial charge is 0.248 e. The minimum atomic E-state index is -0.690. The number of pyridine rings is 1. The van der Waals surface area contributed by atoms with Gasteiger partial charge in [-0.05, 0) is 54.0 Å². The summed E-state index contributed by atoms with van der Waals surface area (Å²) in [5, 5.41) is 15.6. The Bertz CT molecular complexity index is 1300. The number of aliphatic hydroxyl groups is 1. The van der Waals surface area contributed by atoms with Crippen LogP contribution in [0.2, 0.25) is 0 Å². The van der Waals surface area contributed by atoms with Gasteiger partial charge in [0.1, 0.15) is 12.4 Å². The number of H-pyrrole nitrogens is 1. The Morgan fingerprint density at radius 3 is 2.43 bits per heavy atom. The maximum atomic E-state index is 12.1. The fourth-order valence-electron chi connectivity index (χ4n) is 5.23. The van der Waals surface area contributed by atoms with Crippen LogP contribution in [0.3, 0.4) is 0 Å². The molecule has 3 N–H and O–H groups in total. The lowest BCUT2D eigenvalue weighted by molar-refractivity contribution is 0.167. The molecule has 1 saturated carbocycles. The van der Waals surface area contributed by atoms with E-state index in [0.717, 1.165) is 29.4 Å². The molecule has 0 radical (unpaired) electrons. The molecule has 0 amide bonds. The lowest BCUT2D eigenvalue weighted by Gasteiger charge is -2.24. The molecule has 2 unspecified atom stereocenters. The van der Waals surface area contributed by atoms with E-state index in [2.05, 4.69) is 40.6 Å². The summed E-state index contributed by atoms with van der Waals surface area (Å²) in [7, 11) is 0. The van der Waals surface area contributed by atoms with Crippen LogP contribution in [0.25, 0.3) is 10.9 Å². The lowest BCUT2D eigenvalue weighted by atomic mass is 9.94. The molecule has 3 atom stereocenters. The first-order chi connectivity index (χ1) is 17.2. The first-order valence-electron chi connectivity index (χ1n) is 12.5. The minimum absolute atomic E-state index is 0.193. The molecule has 0 saturated heterocycles. The van der Waals surface area contributed by atoms with Crippen LogP contribution in [0, 0.1) is 5.92 Å². The molecule has 1 fully saturated rings. The lowest BCUT2D eigenvalue weighted by Crippen LogP contribution is -2.36. The number of benzene rings is 3. The fraction of sp³-hybridized carbons (Fsp3) is 0.300. The highest BCUT2D eigenvalue weighted by atomic mass is 16.5. The normalized spacial score (nSPS) is 18.5. The van der Waals surface area contributed by atoms with Crippen molar-refractivity contribution in [2.45, 2.75) is 44.4 Å². The van der Waals surface area contributed by atoms with Crippen LogP contribution >= 0.6 is 0 Å². The average molecular weight is 469 g/mol. The maximum Gasteiger partial charge on any atom is 0.248 e. The van der Waals surface area contributed by atoms with Gasteiger partial charge in [0.25, 0.3) is 0 Å². The van der Waals surface area contributed by atoms with E-state index in [0.29, 0.717) is 36.4 Å². The second kappa shape index (κ2) is 10.9. The Morgan fingerprint density at radius 1 is 0.914 bits per heavy atom. The summed E-state index contributed by atoms with van der Waals surface area (Å²) in [6, 6.07) is 28.0. The third-order valence-electron chi connectivity index (χ3n) is 7.06. The van der Waals surface area contributed by atoms with E-state index in [4.69, 9.17) is 4.74 Å². The van der Waals surface area contributed by atoms with E-state index >= 15 is 0 Å². The number of hydrogen-bond acceptors (Lipinski definition) is 4. The predicted molar refractivity (Wildman–Crippen MR) is 140 cm³/mol. The molecule has 1 aliphatic rings. The fourth-order valence-corrected chi connectivity index (χ4v) is 5.23. The van der Waals surface area contributed by atoms with E-state index in [1.165, 1.54) is 24.5 Å². The Hall–Kier alpha value is -3.41. The monoisotopic (exact) mass is 468 g/mol. The molecule has 0 bridgehead atoms. The quantitative estimate of drug-likeness (QED) is 0.318. The molecule has 0 spiro atoms. The summed E-state index contributed by atoms with van der Waals surface area (Å²) in [5.74, 6) is 1.18. The first-order valence-corrected chi connectivity index (χ1v) is 12.5. The minimum Gasteiger partial charge on any atom is -0.487 e. The third kappa shape index (κ3) is 5.64. The summed E-state index contributed by atoms with van der Waals surface area (Å²) in [6.45, 7) is 0.870. The van der Waals surface area contributed by atoms with E-state index in [9.17, 15) is 9.90 Å². The zero-order valence-corrected chi connectivity index (χ0v) is 19.8. The Morgan fingerprint density at radius 2 is 1.66 bits per heavy atom. The predicted octanol–water partition coefficient (Wildman–Crippen LogP) is 5.14. The highest BCUT2D eigenvalue weighted by molar-refractivity contribution is 5.87. The number of ether oxygens (including phenoxy) is 1. The molecule has 1 heterocycles. The van der Waals surface area contributed by atoms with Crippen LogP contribution in [0.5, 0.6) is 5.75 Å². The van der Waals surface area contributed by atoms with Crippen LogP contribution < -0.4 is 15.6 Å². The van der Waals surface area contributed by atoms with Gasteiger partial charge < -0.3 is 20.1 Å². The highest BCUT2D eigenvalue weighted by Crippen LogP contribution is 2.32. The molecule has 5 heteroatoms. The van der Waals surface area contributed by atoms with E-state index in [1.54, 1.807) is 6.07 Å². The van der Waals surface area contributed by atoms with Crippen molar-refractivity contribution in [3.8, 4) is 5.75 Å². The molecule has 35 heavy (non-hydrogen) atoms. The summed E-state index contributed by atoms with van der Waals surface area (Å²) >= 11 is 0. The van der Waals surface area contributed by atoms with Gasteiger partial charge in [-0.2, -0.15) is 0 Å². The molecule has 5 rings (SSSR count). The van der Waals surface area contributed by atoms with Gasteiger partial charge in [-0.1, -0.05) is 73.2 Å². The number of rotatable bonds is 9. The van der Waals surface area contributed by atoms with Crippen LogP contribution in [-0.2, 0) is 13.0 Å². The van der Waals surface area contributed by atoms with Crippen molar-refractivity contribution < 1.29 is 9.84 Å². The number of nitrogens with one attached hydrogen (secondary N) is 2. The Kier molecular flexibility index (Phi) is 7.26. The molecule has 3 aromatic carbocycles. The summed E-state index contributed by atoms with van der Waals surface area (Å²) < 4.78 is 6.04. The largest absolute Gasteiger partial charge is 0.487 e. The van der Waals surface area contributed by atoms with Crippen LogP contribution in [0.15, 0.2) is 89.7 Å². The molecular formula is C30H32N2O3. The zero-order valence-electron chi connectivity index (χ0n) is 19.8.